The molecule has 0 bridgehead atoms. The summed E-state index contributed by atoms with van der Waals surface area (Å²) in [5, 5.41) is 0.577. The fourth-order valence-electron chi connectivity index (χ4n) is 4.47. The topological polar surface area (TPSA) is 91.4 Å². The summed E-state index contributed by atoms with van der Waals surface area (Å²) in [7, 11) is 3.25. The van der Waals surface area contributed by atoms with Crippen molar-refractivity contribution >= 4 is 29.4 Å². The van der Waals surface area contributed by atoms with Gasteiger partial charge in [-0.3, -0.25) is 9.59 Å². The van der Waals surface area contributed by atoms with Gasteiger partial charge in [-0.2, -0.15) is 0 Å². The number of carbonyl (C=O) groups excluding carboxylic acids is 3. The summed E-state index contributed by atoms with van der Waals surface area (Å²) >= 11 is 7.41. The fourth-order valence-corrected chi connectivity index (χ4v) is 4.84. The van der Waals surface area contributed by atoms with Crippen molar-refractivity contribution in [3.05, 3.63) is 89.5 Å². The molecule has 1 saturated heterocycles. The largest absolute Gasteiger partial charge is 0.497 e. The van der Waals surface area contributed by atoms with Crippen molar-refractivity contribution in [3.63, 3.8) is 0 Å². The van der Waals surface area contributed by atoms with E-state index in [1.165, 1.54) is 0 Å². The summed E-state index contributed by atoms with van der Waals surface area (Å²) in [6.07, 6.45) is 2.32. The van der Waals surface area contributed by atoms with Crippen LogP contribution in [-0.2, 0) is 24.1 Å². The Bertz CT molecular complexity index is 1240. The number of rotatable bonds is 13. The van der Waals surface area contributed by atoms with Crippen LogP contribution in [0.25, 0.3) is 0 Å². The molecule has 0 saturated carbocycles. The molecule has 8 nitrogen and oxygen atoms in total. The zero-order chi connectivity index (χ0) is 28.5. The van der Waals surface area contributed by atoms with E-state index in [1.54, 1.807) is 14.2 Å². The number of unbranched alkanes of at least 4 members (excludes halogenated alkanes) is 2. The third kappa shape index (κ3) is 6.74. The minimum absolute atomic E-state index is 0.0826. The Balaban J connectivity index is 1.33. The van der Waals surface area contributed by atoms with E-state index < -0.39 is 22.7 Å². The highest BCUT2D eigenvalue weighted by Gasteiger charge is 2.34. The van der Waals surface area contributed by atoms with Gasteiger partial charge in [0.15, 0.2) is 0 Å². The minimum Gasteiger partial charge on any atom is -0.497 e. The van der Waals surface area contributed by atoms with Crippen molar-refractivity contribution in [2.75, 3.05) is 20.8 Å². The van der Waals surface area contributed by atoms with Gasteiger partial charge in [0.05, 0.1) is 20.8 Å². The molecule has 0 spiro atoms. The zero-order valence-corrected chi connectivity index (χ0v) is 23.3. The van der Waals surface area contributed by atoms with Crippen LogP contribution in [0, 0.1) is 0 Å². The van der Waals surface area contributed by atoms with E-state index in [4.69, 9.17) is 30.6 Å². The summed E-state index contributed by atoms with van der Waals surface area (Å²) in [4.78, 5) is 38.9. The summed E-state index contributed by atoms with van der Waals surface area (Å²) in [5.41, 5.74) is 2.67. The maximum Gasteiger partial charge on any atom is 0.333 e. The van der Waals surface area contributed by atoms with Crippen molar-refractivity contribution in [3.8, 4) is 17.2 Å². The number of amides is 2. The summed E-state index contributed by atoms with van der Waals surface area (Å²) in [5.74, 6) is 0.662. The maximum atomic E-state index is 11.9. The molecule has 1 heterocycles. The molecular formula is C31H32ClNO7. The Morgan fingerprint density at radius 3 is 1.62 bits per heavy atom. The quantitative estimate of drug-likeness (QED) is 0.112. The first-order valence-corrected chi connectivity index (χ1v) is 13.5. The molecule has 0 atom stereocenters. The van der Waals surface area contributed by atoms with Crippen LogP contribution in [-0.4, -0.2) is 43.7 Å². The lowest BCUT2D eigenvalue weighted by molar-refractivity contribution is -0.197. The van der Waals surface area contributed by atoms with Gasteiger partial charge in [-0.05, 0) is 72.4 Å². The van der Waals surface area contributed by atoms with Gasteiger partial charge in [0.2, 0.25) is 0 Å². The van der Waals surface area contributed by atoms with Gasteiger partial charge in [0, 0.05) is 19.3 Å². The normalized spacial score (nSPS) is 13.3. The Labute approximate surface area is 238 Å². The van der Waals surface area contributed by atoms with Gasteiger partial charge in [0.25, 0.3) is 11.8 Å². The van der Waals surface area contributed by atoms with Crippen LogP contribution >= 0.6 is 11.6 Å². The van der Waals surface area contributed by atoms with Crippen LogP contribution in [0.1, 0.15) is 55.2 Å². The Kier molecular flexibility index (Phi) is 9.66. The van der Waals surface area contributed by atoms with E-state index >= 15 is 0 Å². The van der Waals surface area contributed by atoms with Gasteiger partial charge in [0.1, 0.15) is 22.1 Å². The summed E-state index contributed by atoms with van der Waals surface area (Å²) in [6.45, 7) is 0.473. The fraction of sp³-hybridized carbons (Fsp3) is 0.323. The first kappa shape index (κ1) is 29.0. The summed E-state index contributed by atoms with van der Waals surface area (Å²) in [6, 6.07) is 23.1. The van der Waals surface area contributed by atoms with E-state index in [2.05, 4.69) is 0 Å². The summed E-state index contributed by atoms with van der Waals surface area (Å²) < 4.78 is 16.5. The third-order valence-corrected chi connectivity index (χ3v) is 7.38. The van der Waals surface area contributed by atoms with Crippen LogP contribution in [0.15, 0.2) is 72.8 Å². The molecule has 2 amide bonds. The Morgan fingerprint density at radius 2 is 1.18 bits per heavy atom. The van der Waals surface area contributed by atoms with Gasteiger partial charge < -0.3 is 19.0 Å². The maximum absolute atomic E-state index is 11.9. The van der Waals surface area contributed by atoms with E-state index in [0.717, 1.165) is 41.0 Å². The Morgan fingerprint density at radius 1 is 0.725 bits per heavy atom. The molecule has 1 fully saturated rings. The number of benzene rings is 3. The molecule has 9 heteroatoms. The van der Waals surface area contributed by atoms with E-state index in [-0.39, 0.29) is 19.3 Å². The van der Waals surface area contributed by atoms with Gasteiger partial charge >= 0.3 is 5.97 Å². The number of alkyl halides is 1. The second-order valence-corrected chi connectivity index (χ2v) is 9.91. The monoisotopic (exact) mass is 565 g/mol. The number of hydroxylamine groups is 2. The van der Waals surface area contributed by atoms with Crippen LogP contribution in [0.4, 0.5) is 0 Å². The van der Waals surface area contributed by atoms with Crippen molar-refractivity contribution < 1.29 is 33.4 Å². The molecule has 3 aromatic rings. The van der Waals surface area contributed by atoms with Crippen LogP contribution in [0.2, 0.25) is 0 Å². The van der Waals surface area contributed by atoms with Gasteiger partial charge in [-0.15, -0.1) is 16.7 Å². The molecule has 3 aromatic carbocycles. The predicted molar refractivity (Wildman–Crippen MR) is 149 cm³/mol. The van der Waals surface area contributed by atoms with Gasteiger partial charge in [-0.1, -0.05) is 36.4 Å². The molecule has 4 rings (SSSR count). The lowest BCUT2D eigenvalue weighted by Crippen LogP contribution is -2.31. The Hall–Kier alpha value is -4.04. The second kappa shape index (κ2) is 13.3. The lowest BCUT2D eigenvalue weighted by Gasteiger charge is -2.29. The molecule has 0 unspecified atom stereocenters. The number of nitrogens with zero attached hydrogens (tertiary/aromatic N) is 1. The number of carbonyl (C=O) groups is 3. The number of hydrogen-bond donors (Lipinski definition) is 0. The molecule has 1 aliphatic rings. The second-order valence-electron chi connectivity index (χ2n) is 9.34. The zero-order valence-electron chi connectivity index (χ0n) is 22.6. The highest BCUT2D eigenvalue weighted by molar-refractivity contribution is 6.28. The molecular weight excluding hydrogens is 534 g/mol. The lowest BCUT2D eigenvalue weighted by atomic mass is 9.84. The molecule has 0 aliphatic carbocycles. The number of methoxy groups -OCH3 is 2. The average Bonchev–Trinajstić information content (AvgIpc) is 3.31. The third-order valence-electron chi connectivity index (χ3n) is 6.72. The van der Waals surface area contributed by atoms with E-state index in [1.807, 2.05) is 72.8 Å². The molecule has 40 heavy (non-hydrogen) atoms. The standard InChI is InChI=1S/C31H32ClNO7/c1-37-25-13-7-22(8-14-25)31(32,23-9-15-26(38-2)16-10-23)24-11-17-27(18-12-24)39-21-5-3-4-6-30(36)40-33-28(34)19-20-29(33)35/h7-18H,3-6,19-21H2,1-2H3. The van der Waals surface area contributed by atoms with Crippen LogP contribution in [0.5, 0.6) is 17.2 Å². The number of hydrogen-bond acceptors (Lipinski definition) is 7. The average molecular weight is 566 g/mol. The first-order chi connectivity index (χ1) is 19.3. The predicted octanol–water partition coefficient (Wildman–Crippen LogP) is 5.78. The highest BCUT2D eigenvalue weighted by Crippen LogP contribution is 2.44. The van der Waals surface area contributed by atoms with Crippen LogP contribution in [0.3, 0.4) is 0 Å². The molecule has 0 aromatic heterocycles. The van der Waals surface area contributed by atoms with Gasteiger partial charge in [-0.25, -0.2) is 4.79 Å². The molecule has 0 radical (unpaired) electrons. The van der Waals surface area contributed by atoms with E-state index in [9.17, 15) is 14.4 Å². The number of halogens is 1. The number of imide groups is 1. The van der Waals surface area contributed by atoms with Crippen molar-refractivity contribution in [1.29, 1.82) is 0 Å². The highest BCUT2D eigenvalue weighted by atomic mass is 35.5. The van der Waals surface area contributed by atoms with Crippen molar-refractivity contribution in [2.45, 2.75) is 43.4 Å². The minimum atomic E-state index is -0.948. The van der Waals surface area contributed by atoms with Crippen molar-refractivity contribution in [1.82, 2.24) is 5.06 Å². The first-order valence-electron chi connectivity index (χ1n) is 13.1. The molecule has 1 aliphatic heterocycles. The van der Waals surface area contributed by atoms with Crippen LogP contribution < -0.4 is 14.2 Å². The van der Waals surface area contributed by atoms with E-state index in [0.29, 0.717) is 23.8 Å². The molecule has 0 N–H and O–H groups in total. The smallest absolute Gasteiger partial charge is 0.333 e. The SMILES string of the molecule is COc1ccc(C(Cl)(c2ccc(OC)cc2)c2ccc(OCCCCCC(=O)ON3C(=O)CCC3=O)cc2)cc1. The van der Waals surface area contributed by atoms with Crippen molar-refractivity contribution in [2.24, 2.45) is 0 Å². The molecule has 210 valence electrons. The number of ether oxygens (including phenoxy) is 3.